The van der Waals surface area contributed by atoms with E-state index in [0.29, 0.717) is 18.7 Å². The first-order valence-corrected chi connectivity index (χ1v) is 9.36. The van der Waals surface area contributed by atoms with Crippen molar-refractivity contribution in [2.24, 2.45) is 0 Å². The van der Waals surface area contributed by atoms with Gasteiger partial charge in [-0.1, -0.05) is 60.2 Å². The maximum Gasteiger partial charge on any atom is 0.274 e. The van der Waals surface area contributed by atoms with Gasteiger partial charge >= 0.3 is 0 Å². The molecule has 0 unspecified atom stereocenters. The van der Waals surface area contributed by atoms with E-state index < -0.39 is 5.91 Å². The summed E-state index contributed by atoms with van der Waals surface area (Å²) in [6.07, 6.45) is 2.05. The van der Waals surface area contributed by atoms with Gasteiger partial charge < -0.3 is 10.1 Å². The van der Waals surface area contributed by atoms with E-state index >= 15 is 0 Å². The highest BCUT2D eigenvalue weighted by Gasteiger charge is 2.03. The average molecular weight is 388 g/mol. The van der Waals surface area contributed by atoms with E-state index in [4.69, 9.17) is 9.94 Å². The molecule has 1 amide bonds. The van der Waals surface area contributed by atoms with Crippen molar-refractivity contribution in [1.29, 1.82) is 0 Å². The van der Waals surface area contributed by atoms with Gasteiger partial charge in [-0.25, -0.2) is 5.48 Å². The molecule has 0 aromatic heterocycles. The number of carbonyl (C=O) groups excluding carboxylic acids is 1. The molecule has 3 N–H and O–H groups in total. The van der Waals surface area contributed by atoms with Crippen LogP contribution in [0.15, 0.2) is 84.4 Å². The fraction of sp³-hybridized carbons (Fsp3) is 0.125. The molecule has 0 atom stereocenters. The van der Waals surface area contributed by atoms with Gasteiger partial charge in [-0.05, 0) is 42.3 Å². The fourth-order valence-corrected chi connectivity index (χ4v) is 2.81. The molecule has 0 aliphatic rings. The lowest BCUT2D eigenvalue weighted by molar-refractivity contribution is 0.0706. The first-order valence-electron chi connectivity index (χ1n) is 9.36. The van der Waals surface area contributed by atoms with Gasteiger partial charge in [0.2, 0.25) is 0 Å². The molecule has 0 heterocycles. The fourth-order valence-electron chi connectivity index (χ4n) is 2.81. The molecule has 0 aliphatic carbocycles. The summed E-state index contributed by atoms with van der Waals surface area (Å²) in [5.41, 5.74) is 6.28. The van der Waals surface area contributed by atoms with Crippen LogP contribution in [-0.2, 0) is 6.61 Å². The smallest absolute Gasteiger partial charge is 0.274 e. The number of rotatable bonds is 8. The van der Waals surface area contributed by atoms with Crippen LogP contribution in [-0.4, -0.2) is 17.7 Å². The van der Waals surface area contributed by atoms with Crippen LogP contribution in [0.1, 0.15) is 28.4 Å². The van der Waals surface area contributed by atoms with Gasteiger partial charge in [0.1, 0.15) is 12.4 Å². The second-order valence-electron chi connectivity index (χ2n) is 6.71. The molecule has 0 fully saturated rings. The van der Waals surface area contributed by atoms with Crippen LogP contribution in [0, 0.1) is 0 Å². The Morgan fingerprint density at radius 3 is 2.48 bits per heavy atom. The zero-order valence-electron chi connectivity index (χ0n) is 16.3. The molecule has 0 saturated heterocycles. The lowest BCUT2D eigenvalue weighted by Gasteiger charge is -2.10. The minimum atomic E-state index is -0.520. The molecular weight excluding hydrogens is 364 g/mol. The zero-order chi connectivity index (χ0) is 20.5. The number of hydrogen-bond donors (Lipinski definition) is 3. The maximum atomic E-state index is 11.4. The number of hydroxylamine groups is 1. The van der Waals surface area contributed by atoms with Crippen molar-refractivity contribution in [1.82, 2.24) is 5.48 Å². The average Bonchev–Trinajstić information content (AvgIpc) is 2.77. The quantitative estimate of drug-likeness (QED) is 0.379. The topological polar surface area (TPSA) is 70.6 Å². The third-order valence-corrected chi connectivity index (χ3v) is 4.34. The van der Waals surface area contributed by atoms with Crippen LogP contribution in [0.2, 0.25) is 0 Å². The van der Waals surface area contributed by atoms with Gasteiger partial charge in [0.25, 0.3) is 5.91 Å². The minimum Gasteiger partial charge on any atom is -0.489 e. The van der Waals surface area contributed by atoms with Crippen LogP contribution < -0.4 is 15.5 Å². The van der Waals surface area contributed by atoms with E-state index in [1.54, 1.807) is 17.6 Å². The van der Waals surface area contributed by atoms with Crippen molar-refractivity contribution in [2.75, 3.05) is 11.9 Å². The summed E-state index contributed by atoms with van der Waals surface area (Å²) in [4.78, 5) is 11.4. The molecule has 148 valence electrons. The standard InChI is InChI=1S/C24H24N2O3/c1-18(14-19-10-12-21(13-11-19)24(27)26-28)16-25-22-8-5-9-23(15-22)29-17-20-6-3-2-4-7-20/h2-15,25,28H,16-17H2,1H3,(H,26,27). The molecule has 29 heavy (non-hydrogen) atoms. The number of nitrogens with one attached hydrogen (secondary N) is 2. The molecule has 0 radical (unpaired) electrons. The first-order chi connectivity index (χ1) is 14.1. The number of amides is 1. The van der Waals surface area contributed by atoms with Crippen molar-refractivity contribution in [2.45, 2.75) is 13.5 Å². The predicted molar refractivity (Wildman–Crippen MR) is 115 cm³/mol. The van der Waals surface area contributed by atoms with Crippen molar-refractivity contribution in [3.8, 4) is 5.75 Å². The summed E-state index contributed by atoms with van der Waals surface area (Å²) in [5, 5.41) is 12.1. The summed E-state index contributed by atoms with van der Waals surface area (Å²) in [6, 6.07) is 25.0. The normalized spacial score (nSPS) is 11.0. The molecule has 0 aliphatic heterocycles. The molecule has 5 heteroatoms. The highest BCUT2D eigenvalue weighted by molar-refractivity contribution is 5.93. The first kappa shape index (κ1) is 20.2. The monoisotopic (exact) mass is 388 g/mol. The second-order valence-corrected chi connectivity index (χ2v) is 6.71. The Bertz CT molecular complexity index is 967. The van der Waals surface area contributed by atoms with Gasteiger partial charge in [-0.15, -0.1) is 0 Å². The van der Waals surface area contributed by atoms with Crippen molar-refractivity contribution < 1.29 is 14.7 Å². The Hall–Kier alpha value is -3.57. The largest absolute Gasteiger partial charge is 0.489 e. The summed E-state index contributed by atoms with van der Waals surface area (Å²) >= 11 is 0. The Morgan fingerprint density at radius 2 is 1.76 bits per heavy atom. The molecule has 3 rings (SSSR count). The Kier molecular flexibility index (Phi) is 7.03. The SMILES string of the molecule is CC(=Cc1ccc(C(=O)NO)cc1)CNc1cccc(OCc2ccccc2)c1. The van der Waals surface area contributed by atoms with Crippen LogP contribution in [0.3, 0.4) is 0 Å². The van der Waals surface area contributed by atoms with Gasteiger partial charge in [-0.3, -0.25) is 10.0 Å². The van der Waals surface area contributed by atoms with Gasteiger partial charge in [0.15, 0.2) is 0 Å². The number of ether oxygens (including phenoxy) is 1. The second kappa shape index (κ2) is 10.1. The molecule has 0 spiro atoms. The minimum absolute atomic E-state index is 0.410. The summed E-state index contributed by atoms with van der Waals surface area (Å²) in [6.45, 7) is 3.26. The molecule has 5 nitrogen and oxygen atoms in total. The molecule has 0 bridgehead atoms. The van der Waals surface area contributed by atoms with E-state index in [-0.39, 0.29) is 0 Å². The highest BCUT2D eigenvalue weighted by Crippen LogP contribution is 2.19. The van der Waals surface area contributed by atoms with Crippen LogP contribution in [0.25, 0.3) is 6.08 Å². The highest BCUT2D eigenvalue weighted by atomic mass is 16.5. The lowest BCUT2D eigenvalue weighted by Crippen LogP contribution is -2.18. The Morgan fingerprint density at radius 1 is 1.00 bits per heavy atom. The van der Waals surface area contributed by atoms with Gasteiger partial charge in [0.05, 0.1) is 0 Å². The Labute approximate surface area is 170 Å². The predicted octanol–water partition coefficient (Wildman–Crippen LogP) is 4.90. The molecular formula is C24H24N2O3. The van der Waals surface area contributed by atoms with Crippen LogP contribution in [0.4, 0.5) is 5.69 Å². The summed E-state index contributed by atoms with van der Waals surface area (Å²) < 4.78 is 5.87. The van der Waals surface area contributed by atoms with E-state index in [1.807, 2.05) is 79.7 Å². The van der Waals surface area contributed by atoms with E-state index in [0.717, 1.165) is 28.1 Å². The third-order valence-electron chi connectivity index (χ3n) is 4.34. The van der Waals surface area contributed by atoms with Crippen molar-refractivity contribution in [3.05, 3.63) is 101 Å². The molecule has 0 saturated carbocycles. The van der Waals surface area contributed by atoms with Crippen molar-refractivity contribution >= 4 is 17.7 Å². The van der Waals surface area contributed by atoms with Gasteiger partial charge in [-0.2, -0.15) is 0 Å². The number of hydrogen-bond acceptors (Lipinski definition) is 4. The molecule has 3 aromatic carbocycles. The van der Waals surface area contributed by atoms with Crippen LogP contribution in [0.5, 0.6) is 5.75 Å². The van der Waals surface area contributed by atoms with Crippen molar-refractivity contribution in [3.63, 3.8) is 0 Å². The summed E-state index contributed by atoms with van der Waals surface area (Å²) in [7, 11) is 0. The van der Waals surface area contributed by atoms with Gasteiger partial charge in [0, 0.05) is 23.9 Å². The molecule has 3 aromatic rings. The number of anilines is 1. The van der Waals surface area contributed by atoms with Crippen LogP contribution >= 0.6 is 0 Å². The maximum absolute atomic E-state index is 11.4. The van der Waals surface area contributed by atoms with E-state index in [9.17, 15) is 4.79 Å². The van der Waals surface area contributed by atoms with E-state index in [2.05, 4.69) is 5.32 Å². The summed E-state index contributed by atoms with van der Waals surface area (Å²) in [5.74, 6) is 0.298. The lowest BCUT2D eigenvalue weighted by atomic mass is 10.1. The number of benzene rings is 3. The third kappa shape index (κ3) is 6.23. The zero-order valence-corrected chi connectivity index (χ0v) is 16.3. The Balaban J connectivity index is 1.55. The van der Waals surface area contributed by atoms with E-state index in [1.165, 1.54) is 0 Å². The number of carbonyl (C=O) groups is 1.